The molecule has 1 fully saturated rings. The fraction of sp³-hybridized carbons (Fsp3) is 1.00. The van der Waals surface area contributed by atoms with Gasteiger partial charge in [-0.1, -0.05) is 25.7 Å². The van der Waals surface area contributed by atoms with Crippen molar-refractivity contribution in [3.05, 3.63) is 0 Å². The van der Waals surface area contributed by atoms with Crippen molar-refractivity contribution in [2.75, 3.05) is 25.7 Å². The smallest absolute Gasteiger partial charge is 0.264 e. The maximum absolute atomic E-state index is 10.8. The molecular formula is C12H24O6S2. The highest BCUT2D eigenvalue weighted by atomic mass is 32.2. The highest BCUT2D eigenvalue weighted by molar-refractivity contribution is 7.86. The van der Waals surface area contributed by atoms with Gasteiger partial charge in [-0.15, -0.1) is 0 Å². The van der Waals surface area contributed by atoms with Crippen molar-refractivity contribution in [3.8, 4) is 0 Å². The summed E-state index contributed by atoms with van der Waals surface area (Å²) in [5.41, 5.74) is 0. The van der Waals surface area contributed by atoms with Crippen LogP contribution in [0.5, 0.6) is 0 Å². The van der Waals surface area contributed by atoms with E-state index in [4.69, 9.17) is 8.37 Å². The monoisotopic (exact) mass is 328 g/mol. The Kier molecular flexibility index (Phi) is 6.90. The Morgan fingerprint density at radius 3 is 1.30 bits per heavy atom. The second-order valence-corrected chi connectivity index (χ2v) is 8.80. The van der Waals surface area contributed by atoms with Gasteiger partial charge in [0.1, 0.15) is 0 Å². The fourth-order valence-electron chi connectivity index (χ4n) is 2.54. The lowest BCUT2D eigenvalue weighted by molar-refractivity contribution is 0.196. The number of hydrogen-bond donors (Lipinski definition) is 0. The van der Waals surface area contributed by atoms with E-state index in [1.807, 2.05) is 0 Å². The minimum Gasteiger partial charge on any atom is -0.270 e. The lowest BCUT2D eigenvalue weighted by Gasteiger charge is -2.28. The summed E-state index contributed by atoms with van der Waals surface area (Å²) in [4.78, 5) is 0. The first-order chi connectivity index (χ1) is 9.16. The van der Waals surface area contributed by atoms with Crippen LogP contribution >= 0.6 is 0 Å². The van der Waals surface area contributed by atoms with Crippen molar-refractivity contribution in [2.24, 2.45) is 11.8 Å². The lowest BCUT2D eigenvalue weighted by atomic mass is 9.79. The molecule has 1 aliphatic carbocycles. The van der Waals surface area contributed by atoms with E-state index in [0.717, 1.165) is 51.0 Å². The van der Waals surface area contributed by atoms with Crippen LogP contribution in [0.2, 0.25) is 0 Å². The standard InChI is InChI=1S/C12H24O6S2/c1-19(13,14)17-9-7-11-3-5-12(6-4-11)8-10-18-20(2,15)16/h11-12H,3-10H2,1-2H3. The quantitative estimate of drug-likeness (QED) is 0.628. The summed E-state index contributed by atoms with van der Waals surface area (Å²) >= 11 is 0. The molecule has 0 radical (unpaired) electrons. The van der Waals surface area contributed by atoms with Crippen LogP contribution in [0, 0.1) is 11.8 Å². The van der Waals surface area contributed by atoms with E-state index in [1.165, 1.54) is 0 Å². The Hall–Kier alpha value is -0.180. The van der Waals surface area contributed by atoms with E-state index < -0.39 is 20.2 Å². The fourth-order valence-corrected chi connectivity index (χ4v) is 3.34. The highest BCUT2D eigenvalue weighted by Crippen LogP contribution is 2.32. The normalized spacial score (nSPS) is 24.7. The van der Waals surface area contributed by atoms with Gasteiger partial charge >= 0.3 is 0 Å². The lowest BCUT2D eigenvalue weighted by Crippen LogP contribution is -2.18. The molecule has 0 N–H and O–H groups in total. The van der Waals surface area contributed by atoms with Gasteiger partial charge in [-0.3, -0.25) is 8.37 Å². The first kappa shape index (κ1) is 17.9. The van der Waals surface area contributed by atoms with E-state index in [2.05, 4.69) is 0 Å². The van der Waals surface area contributed by atoms with Crippen LogP contribution in [0.4, 0.5) is 0 Å². The third-order valence-electron chi connectivity index (χ3n) is 3.61. The molecule has 6 nitrogen and oxygen atoms in total. The maximum Gasteiger partial charge on any atom is 0.264 e. The first-order valence-corrected chi connectivity index (χ1v) is 10.5. The Balaban J connectivity index is 2.14. The molecule has 0 heterocycles. The highest BCUT2D eigenvalue weighted by Gasteiger charge is 2.21. The first-order valence-electron chi connectivity index (χ1n) is 6.84. The van der Waals surface area contributed by atoms with Crippen molar-refractivity contribution in [1.82, 2.24) is 0 Å². The zero-order chi connectivity index (χ0) is 15.2. The largest absolute Gasteiger partial charge is 0.270 e. The molecule has 0 bridgehead atoms. The molecular weight excluding hydrogens is 304 g/mol. The SMILES string of the molecule is CS(=O)(=O)OCCC1CCC(CCOS(C)(=O)=O)CC1. The van der Waals surface area contributed by atoms with E-state index in [9.17, 15) is 16.8 Å². The van der Waals surface area contributed by atoms with Crippen molar-refractivity contribution in [1.29, 1.82) is 0 Å². The van der Waals surface area contributed by atoms with E-state index in [-0.39, 0.29) is 13.2 Å². The molecule has 0 amide bonds. The predicted octanol–water partition coefficient (Wildman–Crippen LogP) is 1.53. The molecule has 0 atom stereocenters. The average molecular weight is 328 g/mol. The average Bonchev–Trinajstić information content (AvgIpc) is 2.28. The third-order valence-corrected chi connectivity index (χ3v) is 4.80. The van der Waals surface area contributed by atoms with Crippen LogP contribution in [0.3, 0.4) is 0 Å². The zero-order valence-electron chi connectivity index (χ0n) is 12.1. The molecule has 8 heteroatoms. The molecule has 0 aromatic heterocycles. The summed E-state index contributed by atoms with van der Waals surface area (Å²) in [6.07, 6.45) is 7.80. The van der Waals surface area contributed by atoms with E-state index in [0.29, 0.717) is 11.8 Å². The van der Waals surface area contributed by atoms with Gasteiger partial charge in [0.05, 0.1) is 25.7 Å². The molecule has 1 rings (SSSR count). The molecule has 1 saturated carbocycles. The van der Waals surface area contributed by atoms with Gasteiger partial charge < -0.3 is 0 Å². The van der Waals surface area contributed by atoms with Crippen LogP contribution < -0.4 is 0 Å². The van der Waals surface area contributed by atoms with E-state index in [1.54, 1.807) is 0 Å². The topological polar surface area (TPSA) is 86.7 Å². The summed E-state index contributed by atoms with van der Waals surface area (Å²) in [7, 11) is -6.67. The van der Waals surface area contributed by atoms with Gasteiger partial charge in [0.25, 0.3) is 20.2 Å². The number of rotatable bonds is 8. The molecule has 1 aliphatic rings. The second-order valence-electron chi connectivity index (χ2n) is 5.52. The van der Waals surface area contributed by atoms with Crippen molar-refractivity contribution >= 4 is 20.2 Å². The number of hydrogen-bond acceptors (Lipinski definition) is 6. The molecule has 120 valence electrons. The third kappa shape index (κ3) is 8.89. The molecule has 0 saturated heterocycles. The van der Waals surface area contributed by atoms with Gasteiger partial charge in [0.2, 0.25) is 0 Å². The Morgan fingerprint density at radius 2 is 1.05 bits per heavy atom. The van der Waals surface area contributed by atoms with Crippen molar-refractivity contribution < 1.29 is 25.2 Å². The van der Waals surface area contributed by atoms with Gasteiger partial charge in [-0.25, -0.2) is 0 Å². The van der Waals surface area contributed by atoms with Crippen LogP contribution in [0.25, 0.3) is 0 Å². The van der Waals surface area contributed by atoms with Gasteiger partial charge in [0, 0.05) is 0 Å². The molecule has 20 heavy (non-hydrogen) atoms. The minimum atomic E-state index is -3.34. The van der Waals surface area contributed by atoms with Crippen LogP contribution in [0.1, 0.15) is 38.5 Å². The maximum atomic E-state index is 10.8. The van der Waals surface area contributed by atoms with Gasteiger partial charge in [-0.2, -0.15) is 16.8 Å². The van der Waals surface area contributed by atoms with E-state index >= 15 is 0 Å². The zero-order valence-corrected chi connectivity index (χ0v) is 13.7. The van der Waals surface area contributed by atoms with Crippen LogP contribution in [-0.2, 0) is 28.6 Å². The summed E-state index contributed by atoms with van der Waals surface area (Å²) in [6, 6.07) is 0. The van der Waals surface area contributed by atoms with Gasteiger partial charge in [0.15, 0.2) is 0 Å². The molecule has 0 unspecified atom stereocenters. The molecule has 0 aliphatic heterocycles. The summed E-state index contributed by atoms with van der Waals surface area (Å²) in [5, 5.41) is 0. The Bertz CT molecular complexity index is 428. The predicted molar refractivity (Wildman–Crippen MR) is 76.3 cm³/mol. The van der Waals surface area contributed by atoms with Gasteiger partial charge in [-0.05, 0) is 24.7 Å². The summed E-state index contributed by atoms with van der Waals surface area (Å²) < 4.78 is 52.8. The van der Waals surface area contributed by atoms with Crippen LogP contribution in [-0.4, -0.2) is 42.6 Å². The van der Waals surface area contributed by atoms with Crippen molar-refractivity contribution in [3.63, 3.8) is 0 Å². The molecule has 0 aromatic carbocycles. The summed E-state index contributed by atoms with van der Waals surface area (Å²) in [6.45, 7) is 0.511. The second kappa shape index (κ2) is 7.72. The Labute approximate surface area is 122 Å². The summed E-state index contributed by atoms with van der Waals surface area (Å²) in [5.74, 6) is 1.01. The van der Waals surface area contributed by atoms with Crippen LogP contribution in [0.15, 0.2) is 0 Å². The van der Waals surface area contributed by atoms with Crippen molar-refractivity contribution in [2.45, 2.75) is 38.5 Å². The molecule has 0 aromatic rings. The minimum absolute atomic E-state index is 0.255. The molecule has 0 spiro atoms. The Morgan fingerprint density at radius 1 is 0.750 bits per heavy atom.